The maximum Gasteiger partial charge on any atom is 0.0961 e. The molecule has 0 radical (unpaired) electrons. The second-order valence-electron chi connectivity index (χ2n) is 2.55. The summed E-state index contributed by atoms with van der Waals surface area (Å²) in [7, 11) is 0. The van der Waals surface area contributed by atoms with Crippen molar-refractivity contribution in [1.82, 2.24) is 4.98 Å². The zero-order valence-electron chi connectivity index (χ0n) is 6.53. The van der Waals surface area contributed by atoms with E-state index in [2.05, 4.69) is 4.98 Å². The number of para-hydroxylation sites is 1. The standard InChI is InChI=1S/C9H9NOS/c11-6-5-9-10-7-3-1-2-4-8(7)12-9/h1-4,11H,5-6H2. The number of fused-ring (bicyclic) bond motifs is 1. The molecule has 0 saturated heterocycles. The molecule has 3 heteroatoms. The minimum atomic E-state index is 0.180. The van der Waals surface area contributed by atoms with E-state index in [4.69, 9.17) is 5.11 Å². The molecule has 12 heavy (non-hydrogen) atoms. The summed E-state index contributed by atoms with van der Waals surface area (Å²) in [6.07, 6.45) is 0.666. The highest BCUT2D eigenvalue weighted by atomic mass is 32.1. The lowest BCUT2D eigenvalue weighted by Gasteiger charge is -1.84. The van der Waals surface area contributed by atoms with Gasteiger partial charge in [-0.3, -0.25) is 0 Å². The van der Waals surface area contributed by atoms with Gasteiger partial charge in [0.1, 0.15) is 0 Å². The molecule has 0 atom stereocenters. The Hall–Kier alpha value is -0.930. The highest BCUT2D eigenvalue weighted by Gasteiger charge is 2.00. The van der Waals surface area contributed by atoms with Crippen LogP contribution >= 0.6 is 11.3 Å². The molecule has 0 aliphatic heterocycles. The highest BCUT2D eigenvalue weighted by molar-refractivity contribution is 7.18. The van der Waals surface area contributed by atoms with Crippen LogP contribution in [0.2, 0.25) is 0 Å². The Bertz CT molecular complexity index is 350. The van der Waals surface area contributed by atoms with Gasteiger partial charge < -0.3 is 5.11 Å². The Labute approximate surface area is 74.5 Å². The Morgan fingerprint density at radius 2 is 2.17 bits per heavy atom. The summed E-state index contributed by atoms with van der Waals surface area (Å²) in [5, 5.41) is 9.72. The first-order valence-corrected chi connectivity index (χ1v) is 4.67. The topological polar surface area (TPSA) is 33.1 Å². The van der Waals surface area contributed by atoms with Crippen molar-refractivity contribution in [1.29, 1.82) is 0 Å². The van der Waals surface area contributed by atoms with Crippen molar-refractivity contribution in [2.75, 3.05) is 6.61 Å². The second-order valence-corrected chi connectivity index (χ2v) is 3.66. The summed E-state index contributed by atoms with van der Waals surface area (Å²) >= 11 is 1.65. The van der Waals surface area contributed by atoms with Gasteiger partial charge in [0, 0.05) is 13.0 Å². The van der Waals surface area contributed by atoms with Crippen LogP contribution in [-0.4, -0.2) is 16.7 Å². The van der Waals surface area contributed by atoms with Crippen molar-refractivity contribution in [3.05, 3.63) is 29.3 Å². The third-order valence-electron chi connectivity index (χ3n) is 1.66. The molecule has 0 aliphatic rings. The Balaban J connectivity index is 2.47. The smallest absolute Gasteiger partial charge is 0.0961 e. The number of nitrogens with zero attached hydrogens (tertiary/aromatic N) is 1. The van der Waals surface area contributed by atoms with Gasteiger partial charge in [0.15, 0.2) is 0 Å². The molecule has 0 fully saturated rings. The van der Waals surface area contributed by atoms with Gasteiger partial charge >= 0.3 is 0 Å². The first kappa shape index (κ1) is 7.71. The van der Waals surface area contributed by atoms with Crippen LogP contribution in [-0.2, 0) is 6.42 Å². The minimum Gasteiger partial charge on any atom is -0.396 e. The van der Waals surface area contributed by atoms with Gasteiger partial charge in [-0.1, -0.05) is 12.1 Å². The van der Waals surface area contributed by atoms with Crippen molar-refractivity contribution in [3.63, 3.8) is 0 Å². The van der Waals surface area contributed by atoms with Gasteiger partial charge in [-0.2, -0.15) is 0 Å². The maximum atomic E-state index is 8.71. The molecule has 2 nitrogen and oxygen atoms in total. The molecule has 62 valence electrons. The monoisotopic (exact) mass is 179 g/mol. The van der Waals surface area contributed by atoms with E-state index in [-0.39, 0.29) is 6.61 Å². The van der Waals surface area contributed by atoms with Crippen LogP contribution in [0.4, 0.5) is 0 Å². The summed E-state index contributed by atoms with van der Waals surface area (Å²) in [6.45, 7) is 0.180. The van der Waals surface area contributed by atoms with Gasteiger partial charge in [-0.15, -0.1) is 11.3 Å². The largest absolute Gasteiger partial charge is 0.396 e. The number of hydrogen-bond donors (Lipinski definition) is 1. The molecule has 1 heterocycles. The predicted molar refractivity (Wildman–Crippen MR) is 50.4 cm³/mol. The zero-order chi connectivity index (χ0) is 8.39. The van der Waals surface area contributed by atoms with Crippen LogP contribution in [0.15, 0.2) is 24.3 Å². The van der Waals surface area contributed by atoms with Gasteiger partial charge in [0.05, 0.1) is 15.2 Å². The van der Waals surface area contributed by atoms with Gasteiger partial charge in [-0.05, 0) is 12.1 Å². The van der Waals surface area contributed by atoms with E-state index >= 15 is 0 Å². The fraction of sp³-hybridized carbons (Fsp3) is 0.222. The number of rotatable bonds is 2. The third kappa shape index (κ3) is 1.33. The van der Waals surface area contributed by atoms with E-state index in [1.165, 1.54) is 4.70 Å². The van der Waals surface area contributed by atoms with E-state index in [0.717, 1.165) is 10.5 Å². The molecule has 0 amide bonds. The fourth-order valence-corrected chi connectivity index (χ4v) is 2.08. The minimum absolute atomic E-state index is 0.180. The molecular formula is C9H9NOS. The molecule has 1 N–H and O–H groups in total. The number of thiazole rings is 1. The first-order chi connectivity index (χ1) is 5.90. The van der Waals surface area contributed by atoms with Crippen LogP contribution in [0.1, 0.15) is 5.01 Å². The van der Waals surface area contributed by atoms with Crippen molar-refractivity contribution in [2.24, 2.45) is 0 Å². The predicted octanol–water partition coefficient (Wildman–Crippen LogP) is 1.83. The molecule has 2 rings (SSSR count). The Morgan fingerprint density at radius 1 is 1.33 bits per heavy atom. The zero-order valence-corrected chi connectivity index (χ0v) is 7.34. The normalized spacial score (nSPS) is 10.8. The van der Waals surface area contributed by atoms with Crippen LogP contribution in [0.5, 0.6) is 0 Å². The van der Waals surface area contributed by atoms with Gasteiger partial charge in [0.25, 0.3) is 0 Å². The Kier molecular flexibility index (Phi) is 2.06. The summed E-state index contributed by atoms with van der Waals surface area (Å²) in [4.78, 5) is 4.36. The second kappa shape index (κ2) is 3.21. The lowest BCUT2D eigenvalue weighted by atomic mass is 10.3. The maximum absolute atomic E-state index is 8.71. The van der Waals surface area contributed by atoms with Gasteiger partial charge in [0.2, 0.25) is 0 Å². The van der Waals surface area contributed by atoms with E-state index in [9.17, 15) is 0 Å². The number of aliphatic hydroxyl groups is 1. The lowest BCUT2D eigenvalue weighted by Crippen LogP contribution is -1.87. The van der Waals surface area contributed by atoms with E-state index in [1.54, 1.807) is 11.3 Å². The van der Waals surface area contributed by atoms with Crippen molar-refractivity contribution in [3.8, 4) is 0 Å². The summed E-state index contributed by atoms with van der Waals surface area (Å²) in [5.41, 5.74) is 1.03. The average molecular weight is 179 g/mol. The molecule has 0 aliphatic carbocycles. The lowest BCUT2D eigenvalue weighted by molar-refractivity contribution is 0.299. The van der Waals surface area contributed by atoms with Crippen molar-refractivity contribution in [2.45, 2.75) is 6.42 Å². The Morgan fingerprint density at radius 3 is 2.92 bits per heavy atom. The quantitative estimate of drug-likeness (QED) is 0.763. The molecule has 0 spiro atoms. The molecule has 1 aromatic carbocycles. The molecule has 0 bridgehead atoms. The third-order valence-corrected chi connectivity index (χ3v) is 2.76. The van der Waals surface area contributed by atoms with Gasteiger partial charge in [-0.25, -0.2) is 4.98 Å². The van der Waals surface area contributed by atoms with E-state index in [1.807, 2.05) is 24.3 Å². The number of aliphatic hydroxyl groups excluding tert-OH is 1. The molecule has 0 saturated carbocycles. The number of benzene rings is 1. The average Bonchev–Trinajstić information content (AvgIpc) is 2.47. The first-order valence-electron chi connectivity index (χ1n) is 3.85. The number of hydrogen-bond acceptors (Lipinski definition) is 3. The van der Waals surface area contributed by atoms with Crippen molar-refractivity contribution < 1.29 is 5.11 Å². The summed E-state index contributed by atoms with van der Waals surface area (Å²) in [6, 6.07) is 8.02. The SMILES string of the molecule is OCCc1nc2ccccc2s1. The summed E-state index contributed by atoms with van der Waals surface area (Å²) in [5.74, 6) is 0. The number of aromatic nitrogens is 1. The van der Waals surface area contributed by atoms with Crippen LogP contribution < -0.4 is 0 Å². The van der Waals surface area contributed by atoms with Crippen molar-refractivity contribution >= 4 is 21.6 Å². The fourth-order valence-electron chi connectivity index (χ4n) is 1.12. The summed E-state index contributed by atoms with van der Waals surface area (Å²) < 4.78 is 1.20. The van der Waals surface area contributed by atoms with E-state index < -0.39 is 0 Å². The molecule has 0 unspecified atom stereocenters. The highest BCUT2D eigenvalue weighted by Crippen LogP contribution is 2.21. The van der Waals surface area contributed by atoms with Crippen LogP contribution in [0, 0.1) is 0 Å². The van der Waals surface area contributed by atoms with Crippen LogP contribution in [0.3, 0.4) is 0 Å². The van der Waals surface area contributed by atoms with E-state index in [0.29, 0.717) is 6.42 Å². The molecular weight excluding hydrogens is 170 g/mol. The van der Waals surface area contributed by atoms with Crippen LogP contribution in [0.25, 0.3) is 10.2 Å². The molecule has 1 aromatic heterocycles. The molecule has 2 aromatic rings.